The van der Waals surface area contributed by atoms with Crippen molar-refractivity contribution < 1.29 is 22.4 Å². The van der Waals surface area contributed by atoms with Gasteiger partial charge in [0.2, 0.25) is 11.8 Å². The molecule has 1 unspecified atom stereocenters. The molecular formula is C27H33Cl2FN4O4S. The van der Waals surface area contributed by atoms with E-state index in [2.05, 4.69) is 14.8 Å². The van der Waals surface area contributed by atoms with Crippen molar-refractivity contribution in [3.05, 3.63) is 64.9 Å². The van der Waals surface area contributed by atoms with Crippen molar-refractivity contribution in [3.63, 3.8) is 0 Å². The smallest absolute Gasteiger partial charge is 0.277 e. The third kappa shape index (κ3) is 7.70. The van der Waals surface area contributed by atoms with Gasteiger partial charge < -0.3 is 5.32 Å². The minimum Gasteiger partial charge on any atom is -0.351 e. The number of halogens is 3. The van der Waals surface area contributed by atoms with Gasteiger partial charge in [0.15, 0.2) is 0 Å². The van der Waals surface area contributed by atoms with Crippen LogP contribution in [0.1, 0.15) is 56.6 Å². The number of hydrogen-bond donors (Lipinski definition) is 3. The van der Waals surface area contributed by atoms with Crippen LogP contribution in [0.5, 0.6) is 0 Å². The molecule has 0 aromatic heterocycles. The second-order valence-corrected chi connectivity index (χ2v) is 12.3. The number of alkyl halides is 1. The quantitative estimate of drug-likeness (QED) is 0.332. The molecule has 0 saturated heterocycles. The molecule has 1 atom stereocenters. The number of hydrogen-bond acceptors (Lipinski definition) is 4. The summed E-state index contributed by atoms with van der Waals surface area (Å²) in [6.45, 7) is 0.0783. The number of amides is 2. The van der Waals surface area contributed by atoms with E-state index in [0.29, 0.717) is 10.6 Å². The van der Waals surface area contributed by atoms with E-state index in [0.717, 1.165) is 32.1 Å². The molecule has 2 fully saturated rings. The highest BCUT2D eigenvalue weighted by atomic mass is 35.5. The highest BCUT2D eigenvalue weighted by Gasteiger charge is 2.43. The molecule has 12 heteroatoms. The van der Waals surface area contributed by atoms with Crippen molar-refractivity contribution in [2.45, 2.75) is 63.1 Å². The fourth-order valence-electron chi connectivity index (χ4n) is 5.20. The lowest BCUT2D eigenvalue weighted by Crippen LogP contribution is -2.55. The van der Waals surface area contributed by atoms with Gasteiger partial charge in [-0.05, 0) is 49.9 Å². The molecule has 0 heterocycles. The van der Waals surface area contributed by atoms with E-state index in [9.17, 15) is 22.4 Å². The van der Waals surface area contributed by atoms with Gasteiger partial charge in [-0.3, -0.25) is 14.5 Å². The SMILES string of the molecule is O=C(NC1CCCCC1)C(c1ccccc1Cl)N(C(=O)C1CC(NS(=O)(=O)NCCCl)C1)c1cccc(F)c1. The van der Waals surface area contributed by atoms with Gasteiger partial charge in [0.1, 0.15) is 11.9 Å². The van der Waals surface area contributed by atoms with E-state index in [1.54, 1.807) is 30.3 Å². The Morgan fingerprint density at radius 1 is 1.03 bits per heavy atom. The average Bonchev–Trinajstić information content (AvgIpc) is 2.88. The zero-order valence-corrected chi connectivity index (χ0v) is 23.7. The zero-order valence-electron chi connectivity index (χ0n) is 21.4. The molecule has 2 aromatic rings. The molecule has 8 nitrogen and oxygen atoms in total. The molecular weight excluding hydrogens is 566 g/mol. The molecule has 0 spiro atoms. The lowest BCUT2D eigenvalue weighted by Gasteiger charge is -2.40. The number of nitrogens with one attached hydrogen (secondary N) is 3. The maximum absolute atomic E-state index is 14.4. The van der Waals surface area contributed by atoms with Gasteiger partial charge in [-0.25, -0.2) is 9.11 Å². The molecule has 0 radical (unpaired) electrons. The van der Waals surface area contributed by atoms with Crippen LogP contribution in [0, 0.1) is 11.7 Å². The van der Waals surface area contributed by atoms with E-state index in [4.69, 9.17) is 23.2 Å². The summed E-state index contributed by atoms with van der Waals surface area (Å²) >= 11 is 12.1. The van der Waals surface area contributed by atoms with Crippen LogP contribution >= 0.6 is 23.2 Å². The first-order chi connectivity index (χ1) is 18.7. The first-order valence-electron chi connectivity index (χ1n) is 13.1. The van der Waals surface area contributed by atoms with Crippen molar-refractivity contribution in [1.82, 2.24) is 14.8 Å². The number of nitrogens with zero attached hydrogens (tertiary/aromatic N) is 1. The van der Waals surface area contributed by atoms with Gasteiger partial charge in [0.05, 0.1) is 0 Å². The number of benzene rings is 2. The lowest BCUT2D eigenvalue weighted by molar-refractivity contribution is -0.130. The van der Waals surface area contributed by atoms with E-state index in [1.807, 2.05) is 0 Å². The van der Waals surface area contributed by atoms with Crippen LogP contribution < -0.4 is 19.7 Å². The second-order valence-electron chi connectivity index (χ2n) is 10.0. The average molecular weight is 600 g/mol. The fourth-order valence-corrected chi connectivity index (χ4v) is 6.73. The van der Waals surface area contributed by atoms with Gasteiger partial charge in [-0.1, -0.05) is 55.1 Å². The standard InChI is InChI=1S/C27H33Cl2FN4O4S/c28-13-14-31-39(37,38)33-21-15-18(16-21)27(36)34(22-10-6-7-19(30)17-22)25(23-11-4-5-12-24(23)29)26(35)32-20-8-2-1-3-9-20/h4-7,10-12,17-18,20-21,25,31,33H,1-3,8-9,13-16H2,(H,32,35). The first kappa shape index (κ1) is 29.7. The molecule has 0 aliphatic heterocycles. The Labute approximate surface area is 238 Å². The van der Waals surface area contributed by atoms with Crippen LogP contribution in [0.2, 0.25) is 5.02 Å². The normalized spacial score (nSPS) is 20.6. The summed E-state index contributed by atoms with van der Waals surface area (Å²) in [6.07, 6.45) is 5.27. The van der Waals surface area contributed by atoms with Gasteiger partial charge in [-0.2, -0.15) is 13.1 Å². The summed E-state index contributed by atoms with van der Waals surface area (Å²) in [5, 5.41) is 3.41. The molecule has 212 valence electrons. The summed E-state index contributed by atoms with van der Waals surface area (Å²) in [5.74, 6) is -1.81. The second kappa shape index (κ2) is 13.4. The van der Waals surface area contributed by atoms with Crippen LogP contribution in [-0.4, -0.2) is 44.7 Å². The molecule has 4 rings (SSSR count). The highest BCUT2D eigenvalue weighted by molar-refractivity contribution is 7.87. The van der Waals surface area contributed by atoms with Gasteiger partial charge in [-0.15, -0.1) is 11.6 Å². The Kier molecular flexibility index (Phi) is 10.2. The predicted octanol–water partition coefficient (Wildman–Crippen LogP) is 4.44. The van der Waals surface area contributed by atoms with Crippen LogP contribution in [-0.2, 0) is 19.8 Å². The third-order valence-corrected chi connectivity index (χ3v) is 8.94. The van der Waals surface area contributed by atoms with E-state index in [1.165, 1.54) is 23.1 Å². The monoisotopic (exact) mass is 598 g/mol. The molecule has 0 bridgehead atoms. The molecule has 39 heavy (non-hydrogen) atoms. The van der Waals surface area contributed by atoms with Crippen LogP contribution in [0.4, 0.5) is 10.1 Å². The number of carbonyl (C=O) groups is 2. The lowest BCUT2D eigenvalue weighted by atomic mass is 9.79. The topological polar surface area (TPSA) is 108 Å². The fraction of sp³-hybridized carbons (Fsp3) is 0.481. The van der Waals surface area contributed by atoms with E-state index >= 15 is 0 Å². The van der Waals surface area contributed by atoms with Gasteiger partial charge in [0, 0.05) is 46.7 Å². The van der Waals surface area contributed by atoms with Crippen molar-refractivity contribution >= 4 is 50.9 Å². The summed E-state index contributed by atoms with van der Waals surface area (Å²) in [6, 6.07) is 10.7. The minimum atomic E-state index is -3.77. The van der Waals surface area contributed by atoms with Gasteiger partial charge >= 0.3 is 0 Å². The Hall–Kier alpha value is -2.24. The maximum atomic E-state index is 14.4. The Morgan fingerprint density at radius 2 is 1.74 bits per heavy atom. The predicted molar refractivity (Wildman–Crippen MR) is 150 cm³/mol. The zero-order chi connectivity index (χ0) is 28.0. The molecule has 2 aromatic carbocycles. The van der Waals surface area contributed by atoms with Crippen LogP contribution in [0.15, 0.2) is 48.5 Å². The number of carbonyl (C=O) groups excluding carboxylic acids is 2. The summed E-state index contributed by atoms with van der Waals surface area (Å²) in [4.78, 5) is 29.2. The van der Waals surface area contributed by atoms with Crippen molar-refractivity contribution in [2.24, 2.45) is 5.92 Å². The van der Waals surface area contributed by atoms with Crippen molar-refractivity contribution in [1.29, 1.82) is 0 Å². The first-order valence-corrected chi connectivity index (χ1v) is 15.5. The minimum absolute atomic E-state index is 0.0244. The van der Waals surface area contributed by atoms with Crippen molar-refractivity contribution in [2.75, 3.05) is 17.3 Å². The molecule has 2 aliphatic rings. The van der Waals surface area contributed by atoms with Crippen LogP contribution in [0.3, 0.4) is 0 Å². The largest absolute Gasteiger partial charge is 0.351 e. The summed E-state index contributed by atoms with van der Waals surface area (Å²) in [7, 11) is -3.77. The third-order valence-electron chi connectivity index (χ3n) is 7.18. The Morgan fingerprint density at radius 3 is 2.41 bits per heavy atom. The molecule has 3 N–H and O–H groups in total. The number of rotatable bonds is 11. The Balaban J connectivity index is 1.64. The number of anilines is 1. The molecule has 2 saturated carbocycles. The van der Waals surface area contributed by atoms with Gasteiger partial charge in [0.25, 0.3) is 10.2 Å². The maximum Gasteiger partial charge on any atom is 0.277 e. The van der Waals surface area contributed by atoms with Crippen molar-refractivity contribution in [3.8, 4) is 0 Å². The Bertz CT molecular complexity index is 1270. The molecule has 2 aliphatic carbocycles. The summed E-state index contributed by atoms with van der Waals surface area (Å²) in [5.41, 5.74) is 0.642. The van der Waals surface area contributed by atoms with Crippen LogP contribution in [0.25, 0.3) is 0 Å². The van der Waals surface area contributed by atoms with E-state index < -0.39 is 45.8 Å². The highest BCUT2D eigenvalue weighted by Crippen LogP contribution is 2.38. The molecule has 2 amide bonds. The van der Waals surface area contributed by atoms with E-state index in [-0.39, 0.29) is 37.0 Å². The summed E-state index contributed by atoms with van der Waals surface area (Å²) < 4.78 is 43.6.